The second-order valence-corrected chi connectivity index (χ2v) is 3.83. The van der Waals surface area contributed by atoms with Crippen LogP contribution in [0, 0.1) is 6.92 Å². The van der Waals surface area contributed by atoms with Gasteiger partial charge in [0, 0.05) is 6.92 Å². The topological polar surface area (TPSA) is 26.3 Å². The van der Waals surface area contributed by atoms with Crippen LogP contribution in [0.2, 0.25) is 0 Å². The van der Waals surface area contributed by atoms with E-state index in [9.17, 15) is 4.79 Å². The molecular formula is C12H16O2. The lowest BCUT2D eigenvalue weighted by atomic mass is 10.0. The average Bonchev–Trinajstić information content (AvgIpc) is 2.01. The molecule has 0 heterocycles. The monoisotopic (exact) mass is 192 g/mol. The highest BCUT2D eigenvalue weighted by molar-refractivity contribution is 5.69. The largest absolute Gasteiger partial charge is 0.427 e. The molecular weight excluding hydrogens is 176 g/mol. The third-order valence-corrected chi connectivity index (χ3v) is 2.00. The van der Waals surface area contributed by atoms with Gasteiger partial charge in [0.15, 0.2) is 0 Å². The Labute approximate surface area is 84.9 Å². The minimum Gasteiger partial charge on any atom is -0.427 e. The Morgan fingerprint density at radius 1 is 1.29 bits per heavy atom. The van der Waals surface area contributed by atoms with Crippen molar-refractivity contribution in [2.75, 3.05) is 0 Å². The highest BCUT2D eigenvalue weighted by atomic mass is 16.5. The van der Waals surface area contributed by atoms with E-state index >= 15 is 0 Å². The van der Waals surface area contributed by atoms with Crippen LogP contribution in [-0.4, -0.2) is 5.97 Å². The number of carbonyl (C=O) groups excluding carboxylic acids is 1. The molecule has 0 aliphatic carbocycles. The predicted octanol–water partition coefficient (Wildman–Crippen LogP) is 3.04. The van der Waals surface area contributed by atoms with Crippen LogP contribution in [0.1, 0.15) is 37.8 Å². The van der Waals surface area contributed by atoms with Gasteiger partial charge in [-0.1, -0.05) is 19.9 Å². The van der Waals surface area contributed by atoms with Gasteiger partial charge in [0.2, 0.25) is 0 Å². The van der Waals surface area contributed by atoms with Crippen molar-refractivity contribution in [2.45, 2.75) is 33.6 Å². The van der Waals surface area contributed by atoms with Crippen LogP contribution in [-0.2, 0) is 4.79 Å². The van der Waals surface area contributed by atoms with Crippen LogP contribution >= 0.6 is 0 Å². The Morgan fingerprint density at radius 3 is 2.43 bits per heavy atom. The van der Waals surface area contributed by atoms with E-state index in [0.717, 1.165) is 5.56 Å². The number of carbonyl (C=O) groups is 1. The van der Waals surface area contributed by atoms with E-state index in [2.05, 4.69) is 19.9 Å². The summed E-state index contributed by atoms with van der Waals surface area (Å²) in [5.74, 6) is 0.815. The van der Waals surface area contributed by atoms with Crippen molar-refractivity contribution in [3.63, 3.8) is 0 Å². The molecule has 0 aliphatic heterocycles. The summed E-state index contributed by atoms with van der Waals surface area (Å²) in [4.78, 5) is 10.8. The normalized spacial score (nSPS) is 10.4. The van der Waals surface area contributed by atoms with Crippen LogP contribution in [0.4, 0.5) is 0 Å². The molecule has 0 radical (unpaired) electrons. The maximum absolute atomic E-state index is 10.8. The molecule has 1 rings (SSSR count). The Kier molecular flexibility index (Phi) is 3.28. The van der Waals surface area contributed by atoms with Crippen LogP contribution in [0.25, 0.3) is 0 Å². The van der Waals surface area contributed by atoms with Crippen LogP contribution < -0.4 is 4.74 Å². The molecule has 76 valence electrons. The molecule has 2 nitrogen and oxygen atoms in total. The molecule has 0 unspecified atom stereocenters. The molecule has 0 saturated carbocycles. The van der Waals surface area contributed by atoms with Crippen molar-refractivity contribution < 1.29 is 9.53 Å². The minimum absolute atomic E-state index is 0.273. The van der Waals surface area contributed by atoms with Gasteiger partial charge in [0.25, 0.3) is 0 Å². The van der Waals surface area contributed by atoms with Crippen molar-refractivity contribution in [1.29, 1.82) is 0 Å². The first kappa shape index (κ1) is 10.8. The SMILES string of the molecule is CC(=O)Oc1cc(C)cc(C(C)C)c1. The lowest BCUT2D eigenvalue weighted by Gasteiger charge is -2.09. The summed E-state index contributed by atoms with van der Waals surface area (Å²) < 4.78 is 5.05. The maximum atomic E-state index is 10.8. The number of benzene rings is 1. The predicted molar refractivity (Wildman–Crippen MR) is 56.6 cm³/mol. The van der Waals surface area contributed by atoms with E-state index in [1.165, 1.54) is 12.5 Å². The Hall–Kier alpha value is -1.31. The van der Waals surface area contributed by atoms with Crippen molar-refractivity contribution in [2.24, 2.45) is 0 Å². The molecule has 0 spiro atoms. The van der Waals surface area contributed by atoms with Crippen molar-refractivity contribution >= 4 is 5.97 Å². The second kappa shape index (κ2) is 4.27. The van der Waals surface area contributed by atoms with E-state index in [1.54, 1.807) is 0 Å². The number of hydrogen-bond donors (Lipinski definition) is 0. The average molecular weight is 192 g/mol. The van der Waals surface area contributed by atoms with E-state index in [-0.39, 0.29) is 5.97 Å². The summed E-state index contributed by atoms with van der Waals surface area (Å²) in [5, 5.41) is 0. The summed E-state index contributed by atoms with van der Waals surface area (Å²) >= 11 is 0. The quantitative estimate of drug-likeness (QED) is 0.531. The summed E-state index contributed by atoms with van der Waals surface area (Å²) in [7, 11) is 0. The van der Waals surface area contributed by atoms with Gasteiger partial charge >= 0.3 is 5.97 Å². The van der Waals surface area contributed by atoms with Crippen LogP contribution in [0.3, 0.4) is 0 Å². The molecule has 0 saturated heterocycles. The number of ether oxygens (including phenoxy) is 1. The Balaban J connectivity index is 3.01. The molecule has 14 heavy (non-hydrogen) atoms. The van der Waals surface area contributed by atoms with Gasteiger partial charge in [-0.25, -0.2) is 0 Å². The zero-order valence-corrected chi connectivity index (χ0v) is 9.13. The number of rotatable bonds is 2. The van der Waals surface area contributed by atoms with E-state index in [0.29, 0.717) is 11.7 Å². The highest BCUT2D eigenvalue weighted by Gasteiger charge is 2.04. The van der Waals surface area contributed by atoms with Gasteiger partial charge in [0.05, 0.1) is 0 Å². The van der Waals surface area contributed by atoms with Crippen molar-refractivity contribution in [3.05, 3.63) is 29.3 Å². The maximum Gasteiger partial charge on any atom is 0.308 e. The Morgan fingerprint density at radius 2 is 1.93 bits per heavy atom. The van der Waals surface area contributed by atoms with Gasteiger partial charge < -0.3 is 4.74 Å². The van der Waals surface area contributed by atoms with Crippen LogP contribution in [0.5, 0.6) is 5.75 Å². The van der Waals surface area contributed by atoms with E-state index < -0.39 is 0 Å². The molecule has 0 fully saturated rings. The molecule has 0 atom stereocenters. The third kappa shape index (κ3) is 2.87. The first-order valence-corrected chi connectivity index (χ1v) is 4.79. The zero-order chi connectivity index (χ0) is 10.7. The van der Waals surface area contributed by atoms with Gasteiger partial charge in [0.1, 0.15) is 5.75 Å². The fourth-order valence-electron chi connectivity index (χ4n) is 1.33. The smallest absolute Gasteiger partial charge is 0.308 e. The van der Waals surface area contributed by atoms with Crippen LogP contribution in [0.15, 0.2) is 18.2 Å². The summed E-state index contributed by atoms with van der Waals surface area (Å²) in [6, 6.07) is 5.89. The van der Waals surface area contributed by atoms with E-state index in [4.69, 9.17) is 4.74 Å². The molecule has 1 aromatic carbocycles. The second-order valence-electron chi connectivity index (χ2n) is 3.83. The highest BCUT2D eigenvalue weighted by Crippen LogP contribution is 2.22. The fraction of sp³-hybridized carbons (Fsp3) is 0.417. The molecule has 0 bridgehead atoms. The van der Waals surface area contributed by atoms with Crippen molar-refractivity contribution in [3.8, 4) is 5.75 Å². The molecule has 0 aromatic heterocycles. The van der Waals surface area contributed by atoms with Gasteiger partial charge in [-0.2, -0.15) is 0 Å². The first-order valence-electron chi connectivity index (χ1n) is 4.79. The fourth-order valence-corrected chi connectivity index (χ4v) is 1.33. The molecule has 1 aromatic rings. The van der Waals surface area contributed by atoms with Gasteiger partial charge in [-0.05, 0) is 36.1 Å². The minimum atomic E-state index is -0.273. The summed E-state index contributed by atoms with van der Waals surface area (Å²) in [6.45, 7) is 7.65. The standard InChI is InChI=1S/C12H16O2/c1-8(2)11-5-9(3)6-12(7-11)14-10(4)13/h5-8H,1-4H3. The molecule has 0 aliphatic rings. The van der Waals surface area contributed by atoms with Gasteiger partial charge in [-0.15, -0.1) is 0 Å². The lowest BCUT2D eigenvalue weighted by Crippen LogP contribution is -2.02. The first-order chi connectivity index (χ1) is 6.49. The third-order valence-electron chi connectivity index (χ3n) is 2.00. The van der Waals surface area contributed by atoms with Crippen molar-refractivity contribution in [1.82, 2.24) is 0 Å². The Bertz CT molecular complexity index is 340. The molecule has 0 N–H and O–H groups in total. The summed E-state index contributed by atoms with van der Waals surface area (Å²) in [6.07, 6.45) is 0. The number of hydrogen-bond acceptors (Lipinski definition) is 2. The number of aryl methyl sites for hydroxylation is 1. The summed E-state index contributed by atoms with van der Waals surface area (Å²) in [5.41, 5.74) is 2.31. The van der Waals surface area contributed by atoms with Gasteiger partial charge in [-0.3, -0.25) is 4.79 Å². The number of esters is 1. The lowest BCUT2D eigenvalue weighted by molar-refractivity contribution is -0.131. The van der Waals surface area contributed by atoms with E-state index in [1.807, 2.05) is 19.1 Å². The molecule has 2 heteroatoms. The molecule has 0 amide bonds. The zero-order valence-electron chi connectivity index (χ0n) is 9.13.